The van der Waals surface area contributed by atoms with Gasteiger partial charge in [0.1, 0.15) is 30.1 Å². The Morgan fingerprint density at radius 3 is 2.67 bits per heavy atom. The first-order valence-corrected chi connectivity index (χ1v) is 11.0. The van der Waals surface area contributed by atoms with Crippen molar-refractivity contribution in [2.24, 2.45) is 0 Å². The Morgan fingerprint density at radius 1 is 1.18 bits per heavy atom. The molecular formula is C25H32N6O2. The van der Waals surface area contributed by atoms with Crippen LogP contribution in [0.5, 0.6) is 5.75 Å². The summed E-state index contributed by atoms with van der Waals surface area (Å²) in [6.07, 6.45) is 2.47. The lowest BCUT2D eigenvalue weighted by Crippen LogP contribution is -2.29. The third kappa shape index (κ3) is 6.27. The summed E-state index contributed by atoms with van der Waals surface area (Å²) in [4.78, 5) is 11.2. The molecule has 8 heteroatoms. The van der Waals surface area contributed by atoms with Crippen molar-refractivity contribution in [1.29, 1.82) is 5.41 Å². The van der Waals surface area contributed by atoms with E-state index in [4.69, 9.17) is 15.1 Å². The summed E-state index contributed by atoms with van der Waals surface area (Å²) in [6.45, 7) is 4.72. The van der Waals surface area contributed by atoms with Gasteiger partial charge in [-0.15, -0.1) is 0 Å². The van der Waals surface area contributed by atoms with Gasteiger partial charge in [0.25, 0.3) is 0 Å². The maximum absolute atomic E-state index is 9.94. The molecule has 0 aliphatic carbocycles. The van der Waals surface area contributed by atoms with Gasteiger partial charge in [0.05, 0.1) is 16.9 Å². The van der Waals surface area contributed by atoms with Crippen LogP contribution in [0, 0.1) is 5.41 Å². The summed E-state index contributed by atoms with van der Waals surface area (Å²) >= 11 is 0. The third-order valence-corrected chi connectivity index (χ3v) is 4.97. The van der Waals surface area contributed by atoms with Gasteiger partial charge in [0.2, 0.25) is 0 Å². The summed E-state index contributed by atoms with van der Waals surface area (Å²) in [7, 11) is 3.71. The van der Waals surface area contributed by atoms with Crippen molar-refractivity contribution in [3.8, 4) is 17.0 Å². The average Bonchev–Trinajstić information content (AvgIpc) is 2.82. The Kier molecular flexibility index (Phi) is 8.34. The molecule has 1 unspecified atom stereocenters. The van der Waals surface area contributed by atoms with E-state index in [9.17, 15) is 5.11 Å². The van der Waals surface area contributed by atoms with Gasteiger partial charge in [-0.2, -0.15) is 0 Å². The van der Waals surface area contributed by atoms with E-state index in [2.05, 4.69) is 15.6 Å². The molecule has 1 aromatic carbocycles. The monoisotopic (exact) mass is 448 g/mol. The second-order valence-corrected chi connectivity index (χ2v) is 8.03. The van der Waals surface area contributed by atoms with Crippen LogP contribution in [-0.4, -0.2) is 60.7 Å². The molecule has 0 spiro atoms. The second-order valence-electron chi connectivity index (χ2n) is 8.03. The topological polar surface area (TPSA) is 106 Å². The van der Waals surface area contributed by atoms with Crippen LogP contribution < -0.4 is 20.3 Å². The molecule has 1 atom stereocenters. The number of aromatic nitrogens is 2. The highest BCUT2D eigenvalue weighted by molar-refractivity contribution is 5.95. The maximum atomic E-state index is 9.94. The molecule has 0 aliphatic heterocycles. The van der Waals surface area contributed by atoms with Crippen molar-refractivity contribution in [3.63, 3.8) is 0 Å². The van der Waals surface area contributed by atoms with Crippen LogP contribution >= 0.6 is 0 Å². The van der Waals surface area contributed by atoms with Gasteiger partial charge in [0.15, 0.2) is 0 Å². The Labute approximate surface area is 195 Å². The molecule has 0 saturated heterocycles. The number of nitrogens with zero attached hydrogens (tertiary/aromatic N) is 3. The first-order chi connectivity index (χ1) is 15.9. The van der Waals surface area contributed by atoms with Gasteiger partial charge in [-0.05, 0) is 51.2 Å². The fraction of sp³-hybridized carbons (Fsp3) is 0.320. The van der Waals surface area contributed by atoms with Crippen molar-refractivity contribution in [1.82, 2.24) is 15.3 Å². The number of pyridine rings is 2. The molecule has 174 valence electrons. The summed E-state index contributed by atoms with van der Waals surface area (Å²) in [6, 6.07) is 15.5. The molecule has 0 fully saturated rings. The third-order valence-electron chi connectivity index (χ3n) is 4.97. The number of rotatable bonds is 11. The first-order valence-electron chi connectivity index (χ1n) is 11.0. The highest BCUT2D eigenvalue weighted by Crippen LogP contribution is 2.34. The molecule has 0 bridgehead atoms. The van der Waals surface area contributed by atoms with Crippen LogP contribution in [-0.2, 0) is 0 Å². The number of aliphatic hydroxyl groups excluding tert-OH is 1. The molecule has 0 radical (unpaired) electrons. The summed E-state index contributed by atoms with van der Waals surface area (Å²) < 4.78 is 5.78. The van der Waals surface area contributed by atoms with Crippen molar-refractivity contribution in [2.75, 3.05) is 37.5 Å². The highest BCUT2D eigenvalue weighted by atomic mass is 16.5. The Balaban J connectivity index is 2.03. The number of likely N-dealkylation sites (N-methyl/N-ethyl adjacent to an activating group) is 1. The molecular weight excluding hydrogens is 416 g/mol. The number of nitrogens with one attached hydrogen (secondary N) is 3. The SMILES string of the molecule is CNCC(O)COc1cccc(-c2cc(N(C)c3ccccn3)c(C=N)c(NC(C)C)n2)c1. The van der Waals surface area contributed by atoms with Gasteiger partial charge in [0, 0.05) is 37.6 Å². The standard InChI is InChI=1S/C25H32N6O2/c1-17(2)29-25-21(14-26)23(31(4)24-10-5-6-11-28-24)13-22(30-25)18-8-7-9-20(12-18)33-16-19(32)15-27-3/h5-14,17,19,26-27,32H,15-16H2,1-4H3,(H,29,30). The second kappa shape index (κ2) is 11.4. The first kappa shape index (κ1) is 24.2. The number of benzene rings is 1. The number of ether oxygens (including phenoxy) is 1. The quantitative estimate of drug-likeness (QED) is 0.332. The minimum atomic E-state index is -0.593. The molecule has 0 amide bonds. The van der Waals surface area contributed by atoms with Gasteiger partial charge in [-0.25, -0.2) is 9.97 Å². The molecule has 0 aliphatic rings. The molecule has 0 saturated carbocycles. The highest BCUT2D eigenvalue weighted by Gasteiger charge is 2.18. The molecule has 4 N–H and O–H groups in total. The van der Waals surface area contributed by atoms with E-state index >= 15 is 0 Å². The van der Waals surface area contributed by atoms with E-state index in [-0.39, 0.29) is 12.6 Å². The van der Waals surface area contributed by atoms with E-state index < -0.39 is 6.10 Å². The zero-order chi connectivity index (χ0) is 23.8. The molecule has 3 aromatic rings. The summed E-state index contributed by atoms with van der Waals surface area (Å²) in [5.41, 5.74) is 3.10. The largest absolute Gasteiger partial charge is 0.491 e. The number of hydrogen-bond donors (Lipinski definition) is 4. The Hall–Kier alpha value is -3.49. The Morgan fingerprint density at radius 2 is 2.00 bits per heavy atom. The van der Waals surface area contributed by atoms with Crippen molar-refractivity contribution >= 4 is 23.5 Å². The van der Waals surface area contributed by atoms with Gasteiger partial charge in [-0.3, -0.25) is 0 Å². The lowest BCUT2D eigenvalue weighted by Gasteiger charge is -2.24. The molecule has 2 heterocycles. The van der Waals surface area contributed by atoms with E-state index in [1.54, 1.807) is 13.2 Å². The Bertz CT molecular complexity index is 1060. The van der Waals surface area contributed by atoms with Crippen LogP contribution in [0.25, 0.3) is 11.3 Å². The normalized spacial score (nSPS) is 11.8. The lowest BCUT2D eigenvalue weighted by molar-refractivity contribution is 0.108. The van der Waals surface area contributed by atoms with E-state index in [1.165, 1.54) is 6.21 Å². The summed E-state index contributed by atoms with van der Waals surface area (Å²) in [5.74, 6) is 2.05. The fourth-order valence-electron chi connectivity index (χ4n) is 3.40. The molecule has 33 heavy (non-hydrogen) atoms. The van der Waals surface area contributed by atoms with Crippen LogP contribution in [0.4, 0.5) is 17.3 Å². The van der Waals surface area contributed by atoms with E-state index in [0.29, 0.717) is 23.7 Å². The lowest BCUT2D eigenvalue weighted by atomic mass is 10.1. The zero-order valence-electron chi connectivity index (χ0n) is 19.5. The van der Waals surface area contributed by atoms with Gasteiger partial charge < -0.3 is 30.8 Å². The van der Waals surface area contributed by atoms with Gasteiger partial charge in [-0.1, -0.05) is 18.2 Å². The minimum Gasteiger partial charge on any atom is -0.491 e. The zero-order valence-corrected chi connectivity index (χ0v) is 19.5. The predicted molar refractivity (Wildman–Crippen MR) is 134 cm³/mol. The minimum absolute atomic E-state index is 0.141. The number of aliphatic hydroxyl groups is 1. The smallest absolute Gasteiger partial charge is 0.137 e. The van der Waals surface area contributed by atoms with E-state index in [0.717, 1.165) is 22.8 Å². The molecule has 2 aromatic heterocycles. The fourth-order valence-corrected chi connectivity index (χ4v) is 3.40. The van der Waals surface area contributed by atoms with Gasteiger partial charge >= 0.3 is 0 Å². The predicted octanol–water partition coefficient (Wildman–Crippen LogP) is 3.69. The average molecular weight is 449 g/mol. The van der Waals surface area contributed by atoms with Crippen LogP contribution in [0.15, 0.2) is 54.7 Å². The van der Waals surface area contributed by atoms with Crippen molar-refractivity contribution in [3.05, 3.63) is 60.3 Å². The maximum Gasteiger partial charge on any atom is 0.137 e. The van der Waals surface area contributed by atoms with Crippen LogP contribution in [0.3, 0.4) is 0 Å². The number of hydrogen-bond acceptors (Lipinski definition) is 8. The van der Waals surface area contributed by atoms with Crippen LogP contribution in [0.1, 0.15) is 19.4 Å². The number of anilines is 3. The van der Waals surface area contributed by atoms with E-state index in [1.807, 2.05) is 74.3 Å². The van der Waals surface area contributed by atoms with Crippen LogP contribution in [0.2, 0.25) is 0 Å². The molecule has 8 nitrogen and oxygen atoms in total. The van der Waals surface area contributed by atoms with Crippen molar-refractivity contribution in [2.45, 2.75) is 26.0 Å². The van der Waals surface area contributed by atoms with Crippen molar-refractivity contribution < 1.29 is 9.84 Å². The molecule has 3 rings (SSSR count). The summed E-state index contributed by atoms with van der Waals surface area (Å²) in [5, 5.41) is 24.3.